The highest BCUT2D eigenvalue weighted by Crippen LogP contribution is 2.34. The number of hydrogen-bond donors (Lipinski definition) is 1. The van der Waals surface area contributed by atoms with E-state index in [-0.39, 0.29) is 11.9 Å². The summed E-state index contributed by atoms with van der Waals surface area (Å²) in [5.41, 5.74) is -0.109. The Morgan fingerprint density at radius 1 is 1.52 bits per heavy atom. The molecule has 0 radical (unpaired) electrons. The number of hydrogen-bond acceptors (Lipinski definition) is 6. The van der Waals surface area contributed by atoms with Gasteiger partial charge in [-0.2, -0.15) is 0 Å². The van der Waals surface area contributed by atoms with Crippen LogP contribution in [-0.2, 0) is 14.8 Å². The Balaban J connectivity index is 1.67. The second-order valence-corrected chi connectivity index (χ2v) is 7.96. The monoisotopic (exact) mass is 340 g/mol. The standard InChI is InChI=1S/C14H20N4O4S/c1-23(20,21)17-11-3-7-22-14(8-11)4-6-18(9-14)13(19)12-2-5-15-10-16-12/h2,5,10-11,17H,3-4,6-9H2,1H3/t11-,14-/m0/s1. The van der Waals surface area contributed by atoms with Crippen LogP contribution in [0.4, 0.5) is 0 Å². The molecule has 2 aliphatic rings. The van der Waals surface area contributed by atoms with Crippen LogP contribution < -0.4 is 4.72 Å². The Morgan fingerprint density at radius 3 is 3.04 bits per heavy atom. The minimum atomic E-state index is -3.25. The first kappa shape index (κ1) is 16.3. The summed E-state index contributed by atoms with van der Waals surface area (Å²) in [5.74, 6) is -0.147. The van der Waals surface area contributed by atoms with Gasteiger partial charge in [0.15, 0.2) is 0 Å². The molecular weight excluding hydrogens is 320 g/mol. The third-order valence-corrected chi connectivity index (χ3v) is 5.04. The van der Waals surface area contributed by atoms with Crippen LogP contribution in [-0.4, -0.2) is 66.8 Å². The van der Waals surface area contributed by atoms with E-state index >= 15 is 0 Å². The van der Waals surface area contributed by atoms with E-state index in [4.69, 9.17) is 4.74 Å². The van der Waals surface area contributed by atoms with Gasteiger partial charge in [-0.15, -0.1) is 0 Å². The van der Waals surface area contributed by atoms with Crippen LogP contribution in [0.1, 0.15) is 29.8 Å². The fraction of sp³-hybridized carbons (Fsp3) is 0.643. The Labute approximate surface area is 135 Å². The maximum absolute atomic E-state index is 12.5. The van der Waals surface area contributed by atoms with Crippen molar-refractivity contribution in [1.29, 1.82) is 0 Å². The smallest absolute Gasteiger partial charge is 0.272 e. The first-order valence-corrected chi connectivity index (χ1v) is 9.43. The minimum Gasteiger partial charge on any atom is -0.373 e. The summed E-state index contributed by atoms with van der Waals surface area (Å²) in [6, 6.07) is 1.44. The maximum atomic E-state index is 12.5. The van der Waals surface area contributed by atoms with Crippen LogP contribution >= 0.6 is 0 Å². The molecule has 2 saturated heterocycles. The van der Waals surface area contributed by atoms with E-state index in [0.29, 0.717) is 44.7 Å². The topological polar surface area (TPSA) is 101 Å². The van der Waals surface area contributed by atoms with Gasteiger partial charge in [0.2, 0.25) is 10.0 Å². The van der Waals surface area contributed by atoms with Crippen LogP contribution in [0.5, 0.6) is 0 Å². The van der Waals surface area contributed by atoms with Gasteiger partial charge in [-0.1, -0.05) is 0 Å². The predicted molar refractivity (Wildman–Crippen MR) is 82.2 cm³/mol. The average molecular weight is 340 g/mol. The maximum Gasteiger partial charge on any atom is 0.272 e. The summed E-state index contributed by atoms with van der Waals surface area (Å²) in [6.07, 6.45) is 5.97. The third-order valence-electron chi connectivity index (χ3n) is 4.28. The lowest BCUT2D eigenvalue weighted by Gasteiger charge is -2.38. The molecule has 1 aromatic rings. The largest absolute Gasteiger partial charge is 0.373 e. The number of nitrogens with one attached hydrogen (secondary N) is 1. The van der Waals surface area contributed by atoms with Gasteiger partial charge in [0.05, 0.1) is 18.4 Å². The van der Waals surface area contributed by atoms with Gasteiger partial charge < -0.3 is 9.64 Å². The summed E-state index contributed by atoms with van der Waals surface area (Å²) in [7, 11) is -3.25. The minimum absolute atomic E-state index is 0.146. The van der Waals surface area contributed by atoms with E-state index in [1.165, 1.54) is 12.5 Å². The molecule has 3 rings (SSSR count). The van der Waals surface area contributed by atoms with Gasteiger partial charge in [0.1, 0.15) is 12.0 Å². The Bertz CT molecular complexity index is 681. The molecule has 8 nitrogen and oxygen atoms in total. The second kappa shape index (κ2) is 6.14. The number of sulfonamides is 1. The summed E-state index contributed by atoms with van der Waals surface area (Å²) in [5, 5.41) is 0. The molecule has 0 bridgehead atoms. The number of rotatable bonds is 3. The third kappa shape index (κ3) is 3.85. The predicted octanol–water partition coefficient (Wildman–Crippen LogP) is -0.210. The zero-order valence-electron chi connectivity index (χ0n) is 12.9. The van der Waals surface area contributed by atoms with Crippen molar-refractivity contribution in [3.05, 3.63) is 24.3 Å². The van der Waals surface area contributed by atoms with Crippen molar-refractivity contribution in [3.63, 3.8) is 0 Å². The molecule has 9 heteroatoms. The van der Waals surface area contributed by atoms with E-state index in [9.17, 15) is 13.2 Å². The fourth-order valence-electron chi connectivity index (χ4n) is 3.31. The molecule has 3 heterocycles. The van der Waals surface area contributed by atoms with E-state index in [2.05, 4.69) is 14.7 Å². The van der Waals surface area contributed by atoms with Gasteiger partial charge in [-0.3, -0.25) is 4.79 Å². The molecule has 2 atom stereocenters. The zero-order valence-corrected chi connectivity index (χ0v) is 13.8. The molecule has 126 valence electrons. The Hall–Kier alpha value is -1.58. The molecule has 23 heavy (non-hydrogen) atoms. The molecule has 1 spiro atoms. The number of carbonyl (C=O) groups excluding carboxylic acids is 1. The molecule has 0 aromatic carbocycles. The fourth-order valence-corrected chi connectivity index (χ4v) is 4.12. The molecule has 0 saturated carbocycles. The van der Waals surface area contributed by atoms with Crippen LogP contribution in [0.2, 0.25) is 0 Å². The Kier molecular flexibility index (Phi) is 4.35. The number of aromatic nitrogens is 2. The SMILES string of the molecule is CS(=O)(=O)N[C@H]1CCO[C@@]2(CCN(C(=O)c3ccncn3)C2)C1. The summed E-state index contributed by atoms with van der Waals surface area (Å²) >= 11 is 0. The van der Waals surface area contributed by atoms with Gasteiger partial charge in [-0.25, -0.2) is 23.1 Å². The van der Waals surface area contributed by atoms with E-state index < -0.39 is 15.6 Å². The van der Waals surface area contributed by atoms with Crippen molar-refractivity contribution in [2.75, 3.05) is 26.0 Å². The quantitative estimate of drug-likeness (QED) is 0.817. The number of amides is 1. The van der Waals surface area contributed by atoms with Gasteiger partial charge in [0, 0.05) is 25.4 Å². The van der Waals surface area contributed by atoms with Crippen LogP contribution in [0.15, 0.2) is 18.6 Å². The van der Waals surface area contributed by atoms with Crippen LogP contribution in [0, 0.1) is 0 Å². The highest BCUT2D eigenvalue weighted by atomic mass is 32.2. The summed E-state index contributed by atoms with van der Waals surface area (Å²) in [6.45, 7) is 1.52. The Morgan fingerprint density at radius 2 is 2.35 bits per heavy atom. The summed E-state index contributed by atoms with van der Waals surface area (Å²) < 4.78 is 31.4. The lowest BCUT2D eigenvalue weighted by atomic mass is 9.90. The van der Waals surface area contributed by atoms with Crippen molar-refractivity contribution in [1.82, 2.24) is 19.6 Å². The van der Waals surface area contributed by atoms with Crippen molar-refractivity contribution >= 4 is 15.9 Å². The van der Waals surface area contributed by atoms with Crippen molar-refractivity contribution in [2.45, 2.75) is 30.9 Å². The molecule has 0 unspecified atom stereocenters. The van der Waals surface area contributed by atoms with Crippen LogP contribution in [0.25, 0.3) is 0 Å². The van der Waals surface area contributed by atoms with Gasteiger partial charge in [0.25, 0.3) is 5.91 Å². The molecular formula is C14H20N4O4S. The number of ether oxygens (including phenoxy) is 1. The van der Waals surface area contributed by atoms with Crippen molar-refractivity contribution in [2.24, 2.45) is 0 Å². The molecule has 2 fully saturated rings. The molecule has 1 N–H and O–H groups in total. The number of carbonyl (C=O) groups is 1. The first-order chi connectivity index (χ1) is 10.9. The lowest BCUT2D eigenvalue weighted by molar-refractivity contribution is -0.0763. The first-order valence-electron chi connectivity index (χ1n) is 7.53. The number of likely N-dealkylation sites (tertiary alicyclic amines) is 1. The normalized spacial score (nSPS) is 28.2. The average Bonchev–Trinajstić information content (AvgIpc) is 2.89. The second-order valence-electron chi connectivity index (χ2n) is 6.18. The number of nitrogens with zero attached hydrogens (tertiary/aromatic N) is 3. The van der Waals surface area contributed by atoms with E-state index in [1.54, 1.807) is 11.0 Å². The molecule has 1 amide bonds. The zero-order chi connectivity index (χ0) is 16.5. The lowest BCUT2D eigenvalue weighted by Crippen LogP contribution is -2.50. The highest BCUT2D eigenvalue weighted by Gasteiger charge is 2.45. The molecule has 2 aliphatic heterocycles. The van der Waals surface area contributed by atoms with Gasteiger partial charge in [-0.05, 0) is 25.3 Å². The van der Waals surface area contributed by atoms with Gasteiger partial charge >= 0.3 is 0 Å². The van der Waals surface area contributed by atoms with E-state index in [1.807, 2.05) is 0 Å². The van der Waals surface area contributed by atoms with E-state index in [0.717, 1.165) is 6.26 Å². The van der Waals surface area contributed by atoms with Crippen molar-refractivity contribution in [3.8, 4) is 0 Å². The highest BCUT2D eigenvalue weighted by molar-refractivity contribution is 7.88. The van der Waals surface area contributed by atoms with Crippen LogP contribution in [0.3, 0.4) is 0 Å². The molecule has 1 aromatic heterocycles. The van der Waals surface area contributed by atoms with Crippen molar-refractivity contribution < 1.29 is 17.9 Å². The molecule has 0 aliphatic carbocycles. The summed E-state index contributed by atoms with van der Waals surface area (Å²) in [4.78, 5) is 22.0.